The van der Waals surface area contributed by atoms with Gasteiger partial charge in [0.2, 0.25) is 0 Å². The molecule has 0 saturated carbocycles. The Balaban J connectivity index is 2.06. The van der Waals surface area contributed by atoms with Gasteiger partial charge < -0.3 is 5.73 Å². The molecular weight excluding hydrogens is 240 g/mol. The van der Waals surface area contributed by atoms with Gasteiger partial charge in [0.15, 0.2) is 0 Å². The zero-order valence-electron chi connectivity index (χ0n) is 9.66. The second kappa shape index (κ2) is 5.50. The normalized spacial score (nSPS) is 23.8. The van der Waals surface area contributed by atoms with E-state index in [4.69, 9.17) is 17.3 Å². The Morgan fingerprint density at radius 3 is 3.00 bits per heavy atom. The fourth-order valence-electron chi connectivity index (χ4n) is 2.43. The molecule has 2 atom stereocenters. The van der Waals surface area contributed by atoms with E-state index in [1.165, 1.54) is 30.8 Å². The SMILES string of the molecule is CCC1CCN(C(CN)c2cc(Cl)cs2)C1. The molecule has 90 valence electrons. The molecule has 4 heteroatoms. The summed E-state index contributed by atoms with van der Waals surface area (Å²) in [7, 11) is 0. The predicted octanol–water partition coefficient (Wildman–Crippen LogP) is 3.13. The van der Waals surface area contributed by atoms with Crippen molar-refractivity contribution in [3.63, 3.8) is 0 Å². The van der Waals surface area contributed by atoms with Crippen LogP contribution < -0.4 is 5.73 Å². The van der Waals surface area contributed by atoms with Crippen molar-refractivity contribution < 1.29 is 0 Å². The van der Waals surface area contributed by atoms with E-state index in [0.29, 0.717) is 12.6 Å². The summed E-state index contributed by atoms with van der Waals surface area (Å²) in [5, 5.41) is 2.83. The number of hydrogen-bond acceptors (Lipinski definition) is 3. The van der Waals surface area contributed by atoms with Gasteiger partial charge in [-0.25, -0.2) is 0 Å². The molecule has 1 aliphatic rings. The minimum atomic E-state index is 0.369. The minimum absolute atomic E-state index is 0.369. The molecule has 0 aliphatic carbocycles. The molecular formula is C12H19ClN2S. The van der Waals surface area contributed by atoms with E-state index in [1.807, 2.05) is 5.38 Å². The third-order valence-electron chi connectivity index (χ3n) is 3.47. The molecule has 2 nitrogen and oxygen atoms in total. The molecule has 16 heavy (non-hydrogen) atoms. The second-order valence-electron chi connectivity index (χ2n) is 4.48. The highest BCUT2D eigenvalue weighted by molar-refractivity contribution is 7.10. The van der Waals surface area contributed by atoms with Crippen LogP contribution in [0.5, 0.6) is 0 Å². The summed E-state index contributed by atoms with van der Waals surface area (Å²) < 4.78 is 0. The van der Waals surface area contributed by atoms with Gasteiger partial charge >= 0.3 is 0 Å². The molecule has 1 aliphatic heterocycles. The number of thiophene rings is 1. The summed E-state index contributed by atoms with van der Waals surface area (Å²) >= 11 is 7.70. The zero-order valence-corrected chi connectivity index (χ0v) is 11.2. The molecule has 0 bridgehead atoms. The van der Waals surface area contributed by atoms with E-state index in [1.54, 1.807) is 11.3 Å². The average molecular weight is 259 g/mol. The van der Waals surface area contributed by atoms with E-state index < -0.39 is 0 Å². The summed E-state index contributed by atoms with van der Waals surface area (Å²) in [6, 6.07) is 2.43. The monoisotopic (exact) mass is 258 g/mol. The lowest BCUT2D eigenvalue weighted by Gasteiger charge is -2.25. The van der Waals surface area contributed by atoms with Crippen molar-refractivity contribution in [2.24, 2.45) is 11.7 Å². The van der Waals surface area contributed by atoms with Crippen molar-refractivity contribution in [2.45, 2.75) is 25.8 Å². The summed E-state index contributed by atoms with van der Waals surface area (Å²) in [6.45, 7) is 5.32. The van der Waals surface area contributed by atoms with Gasteiger partial charge in [0.1, 0.15) is 0 Å². The highest BCUT2D eigenvalue weighted by Crippen LogP contribution is 2.32. The molecule has 0 aromatic carbocycles. The van der Waals surface area contributed by atoms with Gasteiger partial charge in [-0.15, -0.1) is 11.3 Å². The first-order valence-electron chi connectivity index (χ1n) is 5.92. The van der Waals surface area contributed by atoms with Crippen molar-refractivity contribution in [2.75, 3.05) is 19.6 Å². The third kappa shape index (κ3) is 2.59. The maximum absolute atomic E-state index is 5.98. The maximum Gasteiger partial charge on any atom is 0.0564 e. The molecule has 1 fully saturated rings. The van der Waals surface area contributed by atoms with Crippen molar-refractivity contribution >= 4 is 22.9 Å². The molecule has 2 unspecified atom stereocenters. The highest BCUT2D eigenvalue weighted by atomic mass is 35.5. The maximum atomic E-state index is 5.98. The van der Waals surface area contributed by atoms with E-state index >= 15 is 0 Å². The van der Waals surface area contributed by atoms with Gasteiger partial charge in [0, 0.05) is 23.3 Å². The van der Waals surface area contributed by atoms with Crippen LogP contribution in [0, 0.1) is 5.92 Å². The molecule has 1 aromatic heterocycles. The third-order valence-corrected chi connectivity index (χ3v) is 4.86. The zero-order chi connectivity index (χ0) is 11.5. The number of nitrogens with zero attached hydrogens (tertiary/aromatic N) is 1. The van der Waals surface area contributed by atoms with Crippen LogP contribution in [-0.2, 0) is 0 Å². The van der Waals surface area contributed by atoms with E-state index in [-0.39, 0.29) is 0 Å². The Morgan fingerprint density at radius 2 is 2.50 bits per heavy atom. The highest BCUT2D eigenvalue weighted by Gasteiger charge is 2.28. The molecule has 2 heterocycles. The van der Waals surface area contributed by atoms with Gasteiger partial charge in [0.25, 0.3) is 0 Å². The van der Waals surface area contributed by atoms with Crippen molar-refractivity contribution in [3.8, 4) is 0 Å². The second-order valence-corrected chi connectivity index (χ2v) is 5.86. The summed E-state index contributed by atoms with van der Waals surface area (Å²) in [4.78, 5) is 3.82. The molecule has 2 rings (SSSR count). The van der Waals surface area contributed by atoms with Crippen LogP contribution >= 0.6 is 22.9 Å². The predicted molar refractivity (Wildman–Crippen MR) is 71.1 cm³/mol. The molecule has 1 aromatic rings. The lowest BCUT2D eigenvalue weighted by molar-refractivity contribution is 0.244. The molecule has 1 saturated heterocycles. The van der Waals surface area contributed by atoms with Crippen LogP contribution in [0.2, 0.25) is 5.02 Å². The lowest BCUT2D eigenvalue weighted by Crippen LogP contribution is -2.31. The van der Waals surface area contributed by atoms with Crippen LogP contribution in [0.25, 0.3) is 0 Å². The Bertz CT molecular complexity index is 340. The van der Waals surface area contributed by atoms with Crippen LogP contribution in [0.15, 0.2) is 11.4 Å². The molecule has 0 amide bonds. The first-order valence-corrected chi connectivity index (χ1v) is 7.18. The standard InChI is InChI=1S/C12H19ClN2S/c1-2-9-3-4-15(7-9)11(6-14)12-5-10(13)8-16-12/h5,8-9,11H,2-4,6-7,14H2,1H3. The number of hydrogen-bond donors (Lipinski definition) is 1. The van der Waals surface area contributed by atoms with Gasteiger partial charge in [0.05, 0.1) is 11.1 Å². The number of nitrogens with two attached hydrogens (primary N) is 1. The fourth-order valence-corrected chi connectivity index (χ4v) is 3.66. The van der Waals surface area contributed by atoms with Crippen LogP contribution in [0.3, 0.4) is 0 Å². The molecule has 0 spiro atoms. The van der Waals surface area contributed by atoms with Gasteiger partial charge in [-0.2, -0.15) is 0 Å². The lowest BCUT2D eigenvalue weighted by atomic mass is 10.1. The minimum Gasteiger partial charge on any atom is -0.329 e. The van der Waals surface area contributed by atoms with Gasteiger partial charge in [-0.05, 0) is 24.9 Å². The molecule has 0 radical (unpaired) electrons. The van der Waals surface area contributed by atoms with Crippen molar-refractivity contribution in [3.05, 3.63) is 21.3 Å². The Hall–Kier alpha value is -0.0900. The van der Waals surface area contributed by atoms with E-state index in [0.717, 1.165) is 10.9 Å². The summed E-state index contributed by atoms with van der Waals surface area (Å²) in [5.41, 5.74) is 5.90. The quantitative estimate of drug-likeness (QED) is 0.899. The number of halogens is 1. The van der Waals surface area contributed by atoms with Gasteiger partial charge in [-0.1, -0.05) is 24.9 Å². The van der Waals surface area contributed by atoms with E-state index in [2.05, 4.69) is 17.9 Å². The first kappa shape index (κ1) is 12.4. The Kier molecular flexibility index (Phi) is 4.25. The van der Waals surface area contributed by atoms with Crippen LogP contribution in [0.4, 0.5) is 0 Å². The average Bonchev–Trinajstić information content (AvgIpc) is 2.89. The summed E-state index contributed by atoms with van der Waals surface area (Å²) in [6.07, 6.45) is 2.59. The smallest absolute Gasteiger partial charge is 0.0564 e. The van der Waals surface area contributed by atoms with Crippen LogP contribution in [0.1, 0.15) is 30.7 Å². The van der Waals surface area contributed by atoms with Crippen molar-refractivity contribution in [1.82, 2.24) is 4.90 Å². The van der Waals surface area contributed by atoms with Gasteiger partial charge in [-0.3, -0.25) is 4.90 Å². The summed E-state index contributed by atoms with van der Waals surface area (Å²) in [5.74, 6) is 0.851. The van der Waals surface area contributed by atoms with E-state index in [9.17, 15) is 0 Å². The fraction of sp³-hybridized carbons (Fsp3) is 0.667. The Morgan fingerprint density at radius 1 is 1.69 bits per heavy atom. The number of rotatable bonds is 4. The van der Waals surface area contributed by atoms with Crippen molar-refractivity contribution in [1.29, 1.82) is 0 Å². The largest absolute Gasteiger partial charge is 0.329 e. The molecule has 2 N–H and O–H groups in total. The first-order chi connectivity index (χ1) is 7.74. The Labute approximate surface area is 106 Å². The number of likely N-dealkylation sites (tertiary alicyclic amines) is 1. The topological polar surface area (TPSA) is 29.3 Å². The van der Waals surface area contributed by atoms with Crippen LogP contribution in [-0.4, -0.2) is 24.5 Å².